The zero-order valence-corrected chi connectivity index (χ0v) is 11.7. The lowest BCUT2D eigenvalue weighted by molar-refractivity contribution is 0.385. The standard InChI is InChI=1S/C16H17F2NO/c1-10-6-13(17)9-14(7-10)19-11(2)12-4-5-15(18)16(8-12)20-3/h4-9,11,19H,1-3H3. The second-order valence-electron chi connectivity index (χ2n) is 4.78. The van der Waals surface area contributed by atoms with Crippen molar-refractivity contribution >= 4 is 5.69 Å². The van der Waals surface area contributed by atoms with Crippen LogP contribution in [0.25, 0.3) is 0 Å². The van der Waals surface area contributed by atoms with Crippen LogP contribution in [-0.4, -0.2) is 7.11 Å². The summed E-state index contributed by atoms with van der Waals surface area (Å²) >= 11 is 0. The first-order valence-electron chi connectivity index (χ1n) is 6.37. The summed E-state index contributed by atoms with van der Waals surface area (Å²) in [6.07, 6.45) is 0. The third-order valence-corrected chi connectivity index (χ3v) is 3.10. The molecule has 4 heteroatoms. The third kappa shape index (κ3) is 3.26. The van der Waals surface area contributed by atoms with Gasteiger partial charge in [-0.3, -0.25) is 0 Å². The average Bonchev–Trinajstić information content (AvgIpc) is 2.37. The minimum atomic E-state index is -0.398. The number of halogens is 2. The predicted molar refractivity (Wildman–Crippen MR) is 76.1 cm³/mol. The fourth-order valence-corrected chi connectivity index (χ4v) is 2.10. The molecule has 0 bridgehead atoms. The number of aryl methyl sites for hydroxylation is 1. The number of ether oxygens (including phenoxy) is 1. The van der Waals surface area contributed by atoms with E-state index in [-0.39, 0.29) is 17.6 Å². The van der Waals surface area contributed by atoms with Crippen LogP contribution in [0.3, 0.4) is 0 Å². The molecule has 20 heavy (non-hydrogen) atoms. The molecule has 2 aromatic rings. The summed E-state index contributed by atoms with van der Waals surface area (Å²) in [5.41, 5.74) is 2.40. The van der Waals surface area contributed by atoms with Crippen LogP contribution in [0.2, 0.25) is 0 Å². The lowest BCUT2D eigenvalue weighted by Crippen LogP contribution is -2.07. The van der Waals surface area contributed by atoms with Crippen LogP contribution in [0.15, 0.2) is 36.4 Å². The van der Waals surface area contributed by atoms with Crippen LogP contribution < -0.4 is 10.1 Å². The summed E-state index contributed by atoms with van der Waals surface area (Å²) in [7, 11) is 1.43. The van der Waals surface area contributed by atoms with Crippen molar-refractivity contribution in [3.05, 3.63) is 59.2 Å². The molecule has 0 saturated carbocycles. The van der Waals surface area contributed by atoms with Crippen molar-refractivity contribution in [2.75, 3.05) is 12.4 Å². The van der Waals surface area contributed by atoms with Gasteiger partial charge in [0, 0.05) is 11.7 Å². The van der Waals surface area contributed by atoms with Crippen LogP contribution in [0.4, 0.5) is 14.5 Å². The normalized spacial score (nSPS) is 12.1. The maximum Gasteiger partial charge on any atom is 0.165 e. The van der Waals surface area contributed by atoms with Crippen molar-refractivity contribution < 1.29 is 13.5 Å². The first-order valence-corrected chi connectivity index (χ1v) is 6.37. The lowest BCUT2D eigenvalue weighted by atomic mass is 10.1. The molecule has 0 amide bonds. The highest BCUT2D eigenvalue weighted by atomic mass is 19.1. The molecule has 2 nitrogen and oxygen atoms in total. The van der Waals surface area contributed by atoms with Gasteiger partial charge >= 0.3 is 0 Å². The number of anilines is 1. The Labute approximate surface area is 117 Å². The average molecular weight is 277 g/mol. The topological polar surface area (TPSA) is 21.3 Å². The Morgan fingerprint density at radius 2 is 1.85 bits per heavy atom. The number of hydrogen-bond acceptors (Lipinski definition) is 2. The highest BCUT2D eigenvalue weighted by Gasteiger charge is 2.10. The van der Waals surface area contributed by atoms with Crippen molar-refractivity contribution in [1.82, 2.24) is 0 Å². The maximum absolute atomic E-state index is 13.4. The Balaban J connectivity index is 2.21. The van der Waals surface area contributed by atoms with Gasteiger partial charge in [0.25, 0.3) is 0 Å². The molecule has 0 aliphatic heterocycles. The summed E-state index contributed by atoms with van der Waals surface area (Å²) in [6, 6.07) is 9.36. The Morgan fingerprint density at radius 1 is 1.10 bits per heavy atom. The van der Waals surface area contributed by atoms with Crippen molar-refractivity contribution in [3.63, 3.8) is 0 Å². The van der Waals surface area contributed by atoms with Crippen molar-refractivity contribution in [3.8, 4) is 5.75 Å². The summed E-state index contributed by atoms with van der Waals surface area (Å²) in [4.78, 5) is 0. The molecule has 2 aromatic carbocycles. The van der Waals surface area contributed by atoms with E-state index < -0.39 is 5.82 Å². The van der Waals surface area contributed by atoms with Crippen LogP contribution in [0, 0.1) is 18.6 Å². The van der Waals surface area contributed by atoms with E-state index in [1.807, 2.05) is 19.9 Å². The van der Waals surface area contributed by atoms with E-state index >= 15 is 0 Å². The molecular formula is C16H17F2NO. The molecule has 0 saturated heterocycles. The smallest absolute Gasteiger partial charge is 0.165 e. The summed E-state index contributed by atoms with van der Waals surface area (Å²) < 4.78 is 31.7. The highest BCUT2D eigenvalue weighted by molar-refractivity contribution is 5.48. The molecule has 2 rings (SSSR count). The molecule has 1 N–H and O–H groups in total. The second-order valence-corrected chi connectivity index (χ2v) is 4.78. The molecule has 1 atom stereocenters. The second kappa shape index (κ2) is 5.90. The van der Waals surface area contributed by atoms with Gasteiger partial charge in [-0.2, -0.15) is 0 Å². The van der Waals surface area contributed by atoms with Crippen molar-refractivity contribution in [1.29, 1.82) is 0 Å². The summed E-state index contributed by atoms with van der Waals surface area (Å²) in [5.74, 6) is -0.479. The monoisotopic (exact) mass is 277 g/mol. The third-order valence-electron chi connectivity index (χ3n) is 3.10. The van der Waals surface area contributed by atoms with E-state index in [4.69, 9.17) is 4.74 Å². The van der Waals surface area contributed by atoms with Crippen molar-refractivity contribution in [2.24, 2.45) is 0 Å². The van der Waals surface area contributed by atoms with E-state index in [9.17, 15) is 8.78 Å². The first-order chi connectivity index (χ1) is 9.49. The van der Waals surface area contributed by atoms with E-state index in [2.05, 4.69) is 5.32 Å². The number of nitrogens with one attached hydrogen (secondary N) is 1. The number of hydrogen-bond donors (Lipinski definition) is 1. The molecule has 0 radical (unpaired) electrons. The van der Waals surface area contributed by atoms with E-state index in [1.165, 1.54) is 25.3 Å². The van der Waals surface area contributed by atoms with Crippen LogP contribution in [0.1, 0.15) is 24.1 Å². The molecule has 0 aliphatic carbocycles. The molecule has 1 unspecified atom stereocenters. The Morgan fingerprint density at radius 3 is 2.50 bits per heavy atom. The molecule has 0 aliphatic rings. The lowest BCUT2D eigenvalue weighted by Gasteiger charge is -2.17. The Hall–Kier alpha value is -2.10. The summed E-state index contributed by atoms with van der Waals surface area (Å²) in [6.45, 7) is 3.76. The van der Waals surface area contributed by atoms with Gasteiger partial charge in [0.2, 0.25) is 0 Å². The van der Waals surface area contributed by atoms with Gasteiger partial charge in [-0.1, -0.05) is 6.07 Å². The zero-order valence-electron chi connectivity index (χ0n) is 11.7. The zero-order chi connectivity index (χ0) is 14.7. The van der Waals surface area contributed by atoms with E-state index in [1.54, 1.807) is 12.1 Å². The summed E-state index contributed by atoms with van der Waals surface area (Å²) in [5, 5.41) is 3.19. The van der Waals surface area contributed by atoms with Crippen LogP contribution in [0.5, 0.6) is 5.75 Å². The Bertz CT molecular complexity index is 593. The van der Waals surface area contributed by atoms with Crippen LogP contribution >= 0.6 is 0 Å². The van der Waals surface area contributed by atoms with Gasteiger partial charge in [0.15, 0.2) is 11.6 Å². The minimum absolute atomic E-state index is 0.0919. The highest BCUT2D eigenvalue weighted by Crippen LogP contribution is 2.25. The molecule has 0 heterocycles. The minimum Gasteiger partial charge on any atom is -0.494 e. The first kappa shape index (κ1) is 14.3. The van der Waals surface area contributed by atoms with Gasteiger partial charge in [0.05, 0.1) is 7.11 Å². The van der Waals surface area contributed by atoms with Crippen LogP contribution in [-0.2, 0) is 0 Å². The van der Waals surface area contributed by atoms with Gasteiger partial charge < -0.3 is 10.1 Å². The fourth-order valence-electron chi connectivity index (χ4n) is 2.10. The van der Waals surface area contributed by atoms with Crippen molar-refractivity contribution in [2.45, 2.75) is 19.9 Å². The molecule has 106 valence electrons. The number of rotatable bonds is 4. The number of methoxy groups -OCH3 is 1. The van der Waals surface area contributed by atoms with Gasteiger partial charge in [0.1, 0.15) is 5.82 Å². The molecule has 0 spiro atoms. The quantitative estimate of drug-likeness (QED) is 0.891. The number of benzene rings is 2. The molecular weight excluding hydrogens is 260 g/mol. The van der Waals surface area contributed by atoms with Gasteiger partial charge in [-0.05, 0) is 55.3 Å². The SMILES string of the molecule is COc1cc(C(C)Nc2cc(C)cc(F)c2)ccc1F. The Kier molecular flexibility index (Phi) is 4.23. The maximum atomic E-state index is 13.4. The largest absolute Gasteiger partial charge is 0.494 e. The predicted octanol–water partition coefficient (Wildman–Crippen LogP) is 4.45. The fraction of sp³-hybridized carbons (Fsp3) is 0.250. The molecule has 0 fully saturated rings. The van der Waals surface area contributed by atoms with E-state index in [0.717, 1.165) is 11.1 Å². The van der Waals surface area contributed by atoms with E-state index in [0.29, 0.717) is 5.69 Å². The van der Waals surface area contributed by atoms with Gasteiger partial charge in [-0.15, -0.1) is 0 Å². The van der Waals surface area contributed by atoms with Gasteiger partial charge in [-0.25, -0.2) is 8.78 Å². The molecule has 0 aromatic heterocycles.